The van der Waals surface area contributed by atoms with Crippen LogP contribution in [0.2, 0.25) is 0 Å². The summed E-state index contributed by atoms with van der Waals surface area (Å²) in [7, 11) is 1.69. The zero-order valence-corrected chi connectivity index (χ0v) is 11.0. The zero-order chi connectivity index (χ0) is 11.5. The summed E-state index contributed by atoms with van der Waals surface area (Å²) in [5.74, 6) is 0.888. The lowest BCUT2D eigenvalue weighted by Gasteiger charge is -2.32. The van der Waals surface area contributed by atoms with Crippen LogP contribution in [0.25, 0.3) is 0 Å². The highest BCUT2D eigenvalue weighted by molar-refractivity contribution is 9.10. The number of methoxy groups -OCH3 is 1. The van der Waals surface area contributed by atoms with Gasteiger partial charge in [-0.1, -0.05) is 15.9 Å². The van der Waals surface area contributed by atoms with Crippen LogP contribution in [0.3, 0.4) is 0 Å². The quantitative estimate of drug-likeness (QED) is 0.906. The van der Waals surface area contributed by atoms with Crippen molar-refractivity contribution in [3.8, 4) is 5.75 Å². The van der Waals surface area contributed by atoms with Gasteiger partial charge in [-0.2, -0.15) is 0 Å². The number of nitrogens with zero attached hydrogens (tertiary/aromatic N) is 1. The van der Waals surface area contributed by atoms with E-state index in [1.165, 1.54) is 5.69 Å². The van der Waals surface area contributed by atoms with Gasteiger partial charge in [-0.25, -0.2) is 0 Å². The van der Waals surface area contributed by atoms with E-state index in [9.17, 15) is 0 Å². The lowest BCUT2D eigenvalue weighted by atomic mass is 10.1. The van der Waals surface area contributed by atoms with Crippen LogP contribution in [0.1, 0.15) is 12.8 Å². The van der Waals surface area contributed by atoms with Crippen molar-refractivity contribution >= 4 is 21.6 Å². The lowest BCUT2D eigenvalue weighted by Crippen LogP contribution is -2.39. The van der Waals surface area contributed by atoms with Gasteiger partial charge < -0.3 is 15.4 Å². The first-order chi connectivity index (χ1) is 7.69. The summed E-state index contributed by atoms with van der Waals surface area (Å²) in [6.45, 7) is 2.06. The van der Waals surface area contributed by atoms with Gasteiger partial charge >= 0.3 is 0 Å². The summed E-state index contributed by atoms with van der Waals surface area (Å²) in [6.07, 6.45) is 2.13. The van der Waals surface area contributed by atoms with E-state index < -0.39 is 0 Å². The van der Waals surface area contributed by atoms with E-state index in [0.717, 1.165) is 36.2 Å². The van der Waals surface area contributed by atoms with Crippen LogP contribution in [0.15, 0.2) is 22.7 Å². The molecule has 4 heteroatoms. The predicted molar refractivity (Wildman–Crippen MR) is 70.1 cm³/mol. The largest absolute Gasteiger partial charge is 0.497 e. The molecule has 0 atom stereocenters. The van der Waals surface area contributed by atoms with Crippen molar-refractivity contribution in [2.24, 2.45) is 5.73 Å². The van der Waals surface area contributed by atoms with Crippen LogP contribution in [0, 0.1) is 0 Å². The Hall–Kier alpha value is -0.740. The highest BCUT2D eigenvalue weighted by Crippen LogP contribution is 2.28. The second-order valence-corrected chi connectivity index (χ2v) is 5.09. The number of benzene rings is 1. The number of ether oxygens (including phenoxy) is 1. The summed E-state index contributed by atoms with van der Waals surface area (Å²) in [5.41, 5.74) is 7.11. The van der Waals surface area contributed by atoms with E-state index in [-0.39, 0.29) is 0 Å². The summed E-state index contributed by atoms with van der Waals surface area (Å²) >= 11 is 3.50. The van der Waals surface area contributed by atoms with Gasteiger partial charge in [-0.05, 0) is 25.0 Å². The number of anilines is 1. The molecule has 0 aromatic heterocycles. The molecule has 0 aliphatic carbocycles. The average molecular weight is 285 g/mol. The molecule has 16 heavy (non-hydrogen) atoms. The minimum atomic E-state index is 0.366. The van der Waals surface area contributed by atoms with Crippen molar-refractivity contribution in [2.45, 2.75) is 18.9 Å². The van der Waals surface area contributed by atoms with Crippen molar-refractivity contribution in [3.63, 3.8) is 0 Å². The second-order valence-electron chi connectivity index (χ2n) is 4.17. The molecule has 0 saturated carbocycles. The van der Waals surface area contributed by atoms with E-state index in [2.05, 4.69) is 33.0 Å². The Bertz CT molecular complexity index is 362. The van der Waals surface area contributed by atoms with Gasteiger partial charge in [0.15, 0.2) is 0 Å². The van der Waals surface area contributed by atoms with Gasteiger partial charge in [0.2, 0.25) is 0 Å². The molecule has 1 aliphatic heterocycles. The molecule has 88 valence electrons. The minimum Gasteiger partial charge on any atom is -0.497 e. The van der Waals surface area contributed by atoms with E-state index in [1.54, 1.807) is 7.11 Å². The molecular weight excluding hydrogens is 268 g/mol. The Labute approximate surface area is 105 Å². The monoisotopic (exact) mass is 284 g/mol. The standard InChI is InChI=1S/C12H17BrN2O/c1-16-12-7-9(13)6-11(8-12)15-4-2-10(14)3-5-15/h6-8,10H,2-5,14H2,1H3. The average Bonchev–Trinajstić information content (AvgIpc) is 2.29. The summed E-state index contributed by atoms with van der Waals surface area (Å²) in [6, 6.07) is 6.53. The Balaban J connectivity index is 2.16. The van der Waals surface area contributed by atoms with Gasteiger partial charge in [0.25, 0.3) is 0 Å². The van der Waals surface area contributed by atoms with Gasteiger partial charge in [0.1, 0.15) is 5.75 Å². The molecular formula is C12H17BrN2O. The Morgan fingerprint density at radius 1 is 1.31 bits per heavy atom. The van der Waals surface area contributed by atoms with E-state index in [4.69, 9.17) is 10.5 Å². The fraction of sp³-hybridized carbons (Fsp3) is 0.500. The van der Waals surface area contributed by atoms with Crippen molar-refractivity contribution in [1.82, 2.24) is 0 Å². The maximum Gasteiger partial charge on any atom is 0.122 e. The third-order valence-corrected chi connectivity index (χ3v) is 3.45. The molecule has 1 heterocycles. The lowest BCUT2D eigenvalue weighted by molar-refractivity contribution is 0.414. The van der Waals surface area contributed by atoms with Crippen molar-refractivity contribution in [3.05, 3.63) is 22.7 Å². The third kappa shape index (κ3) is 2.68. The van der Waals surface area contributed by atoms with Gasteiger partial charge in [-0.3, -0.25) is 0 Å². The van der Waals surface area contributed by atoms with E-state index in [0.29, 0.717) is 6.04 Å². The fourth-order valence-electron chi connectivity index (χ4n) is 2.01. The first-order valence-corrected chi connectivity index (χ1v) is 6.33. The van der Waals surface area contributed by atoms with Crippen LogP contribution in [-0.4, -0.2) is 26.2 Å². The summed E-state index contributed by atoms with van der Waals surface area (Å²) in [5, 5.41) is 0. The smallest absolute Gasteiger partial charge is 0.122 e. The van der Waals surface area contributed by atoms with E-state index in [1.807, 2.05) is 6.07 Å². The number of piperidine rings is 1. The maximum absolute atomic E-state index is 5.90. The number of nitrogens with two attached hydrogens (primary N) is 1. The van der Waals surface area contributed by atoms with Crippen molar-refractivity contribution in [1.29, 1.82) is 0 Å². The molecule has 3 nitrogen and oxygen atoms in total. The molecule has 0 bridgehead atoms. The molecule has 1 saturated heterocycles. The Kier molecular flexibility index (Phi) is 3.71. The number of hydrogen-bond donors (Lipinski definition) is 1. The third-order valence-electron chi connectivity index (χ3n) is 3.00. The molecule has 0 radical (unpaired) electrons. The fourth-order valence-corrected chi connectivity index (χ4v) is 2.47. The number of hydrogen-bond acceptors (Lipinski definition) is 3. The molecule has 1 aliphatic rings. The topological polar surface area (TPSA) is 38.5 Å². The predicted octanol–water partition coefficient (Wildman–Crippen LogP) is 2.39. The molecule has 0 amide bonds. The van der Waals surface area contributed by atoms with Crippen LogP contribution in [0.5, 0.6) is 5.75 Å². The van der Waals surface area contributed by atoms with Crippen LogP contribution in [-0.2, 0) is 0 Å². The molecule has 1 aromatic carbocycles. The molecule has 2 rings (SSSR count). The molecule has 2 N–H and O–H groups in total. The van der Waals surface area contributed by atoms with Gasteiger partial charge in [0.05, 0.1) is 7.11 Å². The number of rotatable bonds is 2. The molecule has 1 fully saturated rings. The summed E-state index contributed by atoms with van der Waals surface area (Å²) < 4.78 is 6.32. The first-order valence-electron chi connectivity index (χ1n) is 5.54. The number of halogens is 1. The maximum atomic E-state index is 5.90. The second kappa shape index (κ2) is 5.06. The Morgan fingerprint density at radius 3 is 2.62 bits per heavy atom. The molecule has 1 aromatic rings. The van der Waals surface area contributed by atoms with Crippen LogP contribution < -0.4 is 15.4 Å². The van der Waals surface area contributed by atoms with Crippen LogP contribution >= 0.6 is 15.9 Å². The zero-order valence-electron chi connectivity index (χ0n) is 9.45. The SMILES string of the molecule is COc1cc(Br)cc(N2CCC(N)CC2)c1. The normalized spacial score (nSPS) is 17.6. The summed E-state index contributed by atoms with van der Waals surface area (Å²) in [4.78, 5) is 2.36. The minimum absolute atomic E-state index is 0.366. The van der Waals surface area contributed by atoms with Crippen molar-refractivity contribution in [2.75, 3.05) is 25.1 Å². The highest BCUT2D eigenvalue weighted by atomic mass is 79.9. The molecule has 0 spiro atoms. The van der Waals surface area contributed by atoms with Crippen molar-refractivity contribution < 1.29 is 4.74 Å². The van der Waals surface area contributed by atoms with E-state index >= 15 is 0 Å². The van der Waals surface area contributed by atoms with Gasteiger partial charge in [0, 0.05) is 35.4 Å². The van der Waals surface area contributed by atoms with Crippen LogP contribution in [0.4, 0.5) is 5.69 Å². The highest BCUT2D eigenvalue weighted by Gasteiger charge is 2.17. The first kappa shape index (κ1) is 11.7. The van der Waals surface area contributed by atoms with Gasteiger partial charge in [-0.15, -0.1) is 0 Å². The molecule has 0 unspecified atom stereocenters. The Morgan fingerprint density at radius 2 is 2.00 bits per heavy atom.